The highest BCUT2D eigenvalue weighted by Crippen LogP contribution is 2.59. The van der Waals surface area contributed by atoms with Crippen molar-refractivity contribution in [3.8, 4) is 17.1 Å². The maximum absolute atomic E-state index is 12.0. The lowest BCUT2D eigenvalue weighted by Crippen LogP contribution is -2.21. The SMILES string of the molecule is CCOC(=O)[C@@H]1C2CC[C@@H](Oc3ccc(-c4nnn(C)c4C=O)nc3C)[C@@H]21. The molecule has 0 saturated heterocycles. The van der Waals surface area contributed by atoms with Crippen LogP contribution in [0.5, 0.6) is 5.75 Å². The number of ether oxygens (including phenoxy) is 2. The number of aryl methyl sites for hydroxylation is 2. The van der Waals surface area contributed by atoms with Gasteiger partial charge in [0, 0.05) is 13.0 Å². The van der Waals surface area contributed by atoms with E-state index >= 15 is 0 Å². The van der Waals surface area contributed by atoms with E-state index in [2.05, 4.69) is 15.3 Å². The van der Waals surface area contributed by atoms with Crippen LogP contribution in [0.4, 0.5) is 0 Å². The van der Waals surface area contributed by atoms with Gasteiger partial charge >= 0.3 is 5.97 Å². The number of pyridine rings is 1. The van der Waals surface area contributed by atoms with Crippen molar-refractivity contribution in [1.82, 2.24) is 20.0 Å². The van der Waals surface area contributed by atoms with Gasteiger partial charge in [-0.2, -0.15) is 0 Å². The van der Waals surface area contributed by atoms with Crippen LogP contribution in [-0.2, 0) is 16.6 Å². The first-order valence-corrected chi connectivity index (χ1v) is 9.21. The third kappa shape index (κ3) is 2.98. The normalized spacial score (nSPS) is 25.7. The molecule has 2 saturated carbocycles. The molecule has 8 nitrogen and oxygen atoms in total. The van der Waals surface area contributed by atoms with Gasteiger partial charge < -0.3 is 9.47 Å². The van der Waals surface area contributed by atoms with Crippen molar-refractivity contribution in [3.63, 3.8) is 0 Å². The number of rotatable bonds is 6. The molecule has 142 valence electrons. The van der Waals surface area contributed by atoms with Gasteiger partial charge in [0.25, 0.3) is 0 Å². The molecule has 0 aliphatic heterocycles. The zero-order valence-electron chi connectivity index (χ0n) is 15.6. The Kier molecular flexibility index (Phi) is 4.41. The third-order valence-electron chi connectivity index (χ3n) is 5.54. The van der Waals surface area contributed by atoms with Crippen molar-refractivity contribution in [1.29, 1.82) is 0 Å². The van der Waals surface area contributed by atoms with Gasteiger partial charge in [0.15, 0.2) is 6.29 Å². The number of aromatic nitrogens is 4. The fraction of sp³-hybridized carbons (Fsp3) is 0.526. The number of hydrogen-bond acceptors (Lipinski definition) is 7. The largest absolute Gasteiger partial charge is 0.488 e. The molecular formula is C19H22N4O4. The van der Waals surface area contributed by atoms with E-state index in [4.69, 9.17) is 9.47 Å². The first kappa shape index (κ1) is 17.6. The predicted octanol–water partition coefficient (Wildman–Crippen LogP) is 1.96. The summed E-state index contributed by atoms with van der Waals surface area (Å²) in [7, 11) is 1.66. The molecule has 2 aliphatic rings. The predicted molar refractivity (Wildman–Crippen MR) is 95.1 cm³/mol. The number of nitrogens with zero attached hydrogens (tertiary/aromatic N) is 4. The first-order chi connectivity index (χ1) is 13.0. The molecule has 2 aromatic rings. The fourth-order valence-electron chi connectivity index (χ4n) is 4.18. The van der Waals surface area contributed by atoms with Crippen LogP contribution in [0.25, 0.3) is 11.4 Å². The first-order valence-electron chi connectivity index (χ1n) is 9.21. The molecule has 4 atom stereocenters. The second-order valence-corrected chi connectivity index (χ2v) is 7.10. The molecule has 2 aliphatic carbocycles. The van der Waals surface area contributed by atoms with Crippen LogP contribution in [0.2, 0.25) is 0 Å². The Balaban J connectivity index is 1.49. The summed E-state index contributed by atoms with van der Waals surface area (Å²) in [5.74, 6) is 1.19. The van der Waals surface area contributed by atoms with E-state index in [0.717, 1.165) is 19.1 Å². The van der Waals surface area contributed by atoms with E-state index in [1.807, 2.05) is 19.9 Å². The summed E-state index contributed by atoms with van der Waals surface area (Å²) < 4.78 is 12.8. The van der Waals surface area contributed by atoms with Crippen LogP contribution in [-0.4, -0.2) is 44.9 Å². The number of fused-ring (bicyclic) bond motifs is 1. The summed E-state index contributed by atoms with van der Waals surface area (Å²) >= 11 is 0. The van der Waals surface area contributed by atoms with Gasteiger partial charge in [-0.3, -0.25) is 9.59 Å². The van der Waals surface area contributed by atoms with E-state index in [-0.39, 0.29) is 23.9 Å². The van der Waals surface area contributed by atoms with Gasteiger partial charge in [0.2, 0.25) is 0 Å². The quantitative estimate of drug-likeness (QED) is 0.566. The Morgan fingerprint density at radius 1 is 1.37 bits per heavy atom. The van der Waals surface area contributed by atoms with Crippen LogP contribution >= 0.6 is 0 Å². The van der Waals surface area contributed by atoms with Crippen LogP contribution in [0.1, 0.15) is 35.9 Å². The Morgan fingerprint density at radius 3 is 2.89 bits per heavy atom. The molecule has 0 radical (unpaired) electrons. The van der Waals surface area contributed by atoms with Gasteiger partial charge in [-0.15, -0.1) is 5.10 Å². The van der Waals surface area contributed by atoms with E-state index in [9.17, 15) is 9.59 Å². The summed E-state index contributed by atoms with van der Waals surface area (Å²) in [5.41, 5.74) is 2.12. The molecule has 27 heavy (non-hydrogen) atoms. The number of carbonyl (C=O) groups excluding carboxylic acids is 2. The number of hydrogen-bond donors (Lipinski definition) is 0. The van der Waals surface area contributed by atoms with Crippen molar-refractivity contribution in [3.05, 3.63) is 23.5 Å². The number of carbonyl (C=O) groups is 2. The zero-order chi connectivity index (χ0) is 19.1. The van der Waals surface area contributed by atoms with Crippen LogP contribution in [0, 0.1) is 24.7 Å². The highest BCUT2D eigenvalue weighted by Gasteiger charge is 2.63. The summed E-state index contributed by atoms with van der Waals surface area (Å²) in [6.07, 6.45) is 2.66. The highest BCUT2D eigenvalue weighted by atomic mass is 16.5. The Morgan fingerprint density at radius 2 is 2.19 bits per heavy atom. The van der Waals surface area contributed by atoms with Crippen LogP contribution in [0.3, 0.4) is 0 Å². The summed E-state index contributed by atoms with van der Waals surface area (Å²) in [6.45, 7) is 4.10. The Bertz CT molecular complexity index is 894. The molecule has 4 rings (SSSR count). The van der Waals surface area contributed by atoms with E-state index in [1.165, 1.54) is 4.68 Å². The molecule has 0 N–H and O–H groups in total. The molecule has 2 aromatic heterocycles. The molecule has 2 heterocycles. The molecule has 8 heteroatoms. The Labute approximate surface area is 156 Å². The number of aldehydes is 1. The molecule has 0 spiro atoms. The minimum Gasteiger partial charge on any atom is -0.488 e. The second kappa shape index (κ2) is 6.75. The van der Waals surface area contributed by atoms with Crippen molar-refractivity contribution >= 4 is 12.3 Å². The topological polar surface area (TPSA) is 96.2 Å². The molecule has 2 fully saturated rings. The molecule has 1 unspecified atom stereocenters. The minimum absolute atomic E-state index is 0.0119. The van der Waals surface area contributed by atoms with Crippen molar-refractivity contribution in [2.24, 2.45) is 24.8 Å². The summed E-state index contributed by atoms with van der Waals surface area (Å²) in [5, 5.41) is 7.90. The maximum atomic E-state index is 12.0. The van der Waals surface area contributed by atoms with E-state index < -0.39 is 0 Å². The number of esters is 1. The molecule has 0 amide bonds. The van der Waals surface area contributed by atoms with Gasteiger partial charge in [-0.25, -0.2) is 9.67 Å². The minimum atomic E-state index is -0.102. The Hall–Kier alpha value is -2.77. The van der Waals surface area contributed by atoms with Crippen LogP contribution in [0.15, 0.2) is 12.1 Å². The smallest absolute Gasteiger partial charge is 0.309 e. The third-order valence-corrected chi connectivity index (χ3v) is 5.54. The summed E-state index contributed by atoms with van der Waals surface area (Å²) in [6, 6.07) is 3.62. The lowest BCUT2D eigenvalue weighted by molar-refractivity contribution is -0.146. The highest BCUT2D eigenvalue weighted by molar-refractivity contribution is 5.82. The van der Waals surface area contributed by atoms with Gasteiger partial charge in [-0.1, -0.05) is 5.21 Å². The average molecular weight is 370 g/mol. The van der Waals surface area contributed by atoms with Crippen molar-refractivity contribution in [2.75, 3.05) is 6.61 Å². The standard InChI is InChI=1S/C19H22N4O4/c1-4-26-19(25)17-11-5-7-15(16(11)17)27-14-8-6-12(20-10(14)2)18-13(9-24)23(3)22-21-18/h6,8-9,11,15-17H,4-5,7H2,1-3H3/t11?,15-,16-,17-/m1/s1. The fourth-order valence-corrected chi connectivity index (χ4v) is 4.18. The van der Waals surface area contributed by atoms with Gasteiger partial charge in [0.05, 0.1) is 23.9 Å². The molecular weight excluding hydrogens is 348 g/mol. The monoisotopic (exact) mass is 370 g/mol. The van der Waals surface area contributed by atoms with Crippen molar-refractivity contribution in [2.45, 2.75) is 32.8 Å². The average Bonchev–Trinajstić information content (AvgIpc) is 3.04. The lowest BCUT2D eigenvalue weighted by atomic mass is 10.1. The van der Waals surface area contributed by atoms with Gasteiger partial charge in [0.1, 0.15) is 23.2 Å². The van der Waals surface area contributed by atoms with E-state index in [1.54, 1.807) is 13.1 Å². The lowest BCUT2D eigenvalue weighted by Gasteiger charge is -2.18. The van der Waals surface area contributed by atoms with Crippen molar-refractivity contribution < 1.29 is 19.1 Å². The summed E-state index contributed by atoms with van der Waals surface area (Å²) in [4.78, 5) is 27.8. The second-order valence-electron chi connectivity index (χ2n) is 7.10. The van der Waals surface area contributed by atoms with E-state index in [0.29, 0.717) is 41.1 Å². The zero-order valence-corrected chi connectivity index (χ0v) is 15.6. The molecule has 0 aromatic carbocycles. The van der Waals surface area contributed by atoms with Crippen LogP contribution < -0.4 is 4.74 Å². The maximum Gasteiger partial charge on any atom is 0.309 e. The molecule has 0 bridgehead atoms. The van der Waals surface area contributed by atoms with Gasteiger partial charge in [-0.05, 0) is 44.7 Å².